The zero-order chi connectivity index (χ0) is 14.8. The van der Waals surface area contributed by atoms with Gasteiger partial charge in [-0.1, -0.05) is 18.6 Å². The first kappa shape index (κ1) is 13.7. The number of hydrogen-bond acceptors (Lipinski definition) is 3. The van der Waals surface area contributed by atoms with Crippen LogP contribution in [0.15, 0.2) is 23.1 Å². The van der Waals surface area contributed by atoms with Crippen LogP contribution in [-0.2, 0) is 0 Å². The molecule has 0 saturated heterocycles. The zero-order valence-electron chi connectivity index (χ0n) is 12.9. The molecule has 4 aliphatic rings. The molecule has 0 aromatic rings. The third kappa shape index (κ3) is 1.82. The van der Waals surface area contributed by atoms with Crippen molar-refractivity contribution < 1.29 is 10.2 Å². The van der Waals surface area contributed by atoms with Gasteiger partial charge in [0.15, 0.2) is 0 Å². The van der Waals surface area contributed by atoms with Crippen LogP contribution in [0, 0.1) is 29.1 Å². The molecule has 0 aromatic heterocycles. The maximum Gasteiger partial charge on any atom is 0.112 e. The molecule has 4 N–H and O–H groups in total. The third-order valence-electron chi connectivity index (χ3n) is 7.15. The molecule has 0 radical (unpaired) electrons. The summed E-state index contributed by atoms with van der Waals surface area (Å²) in [6.07, 6.45) is 9.51. The van der Waals surface area contributed by atoms with Crippen LogP contribution in [0.4, 0.5) is 0 Å². The number of fused-ring (bicyclic) bond motifs is 5. The summed E-state index contributed by atoms with van der Waals surface area (Å²) in [6, 6.07) is 0. The number of allylic oxidation sites excluding steroid dienone is 3. The highest BCUT2D eigenvalue weighted by atomic mass is 16.3. The summed E-state index contributed by atoms with van der Waals surface area (Å²) in [7, 11) is 0. The fourth-order valence-corrected chi connectivity index (χ4v) is 5.93. The van der Waals surface area contributed by atoms with Gasteiger partial charge < -0.3 is 15.9 Å². The molecular formula is C18H27NO2. The van der Waals surface area contributed by atoms with Crippen molar-refractivity contribution in [2.24, 2.45) is 34.8 Å². The van der Waals surface area contributed by atoms with Gasteiger partial charge in [0.2, 0.25) is 0 Å². The van der Waals surface area contributed by atoms with Crippen LogP contribution in [0.2, 0.25) is 0 Å². The molecule has 116 valence electrons. The Morgan fingerprint density at radius 2 is 2.00 bits per heavy atom. The van der Waals surface area contributed by atoms with Crippen LogP contribution in [0.25, 0.3) is 0 Å². The highest BCUT2D eigenvalue weighted by molar-refractivity contribution is 5.28. The van der Waals surface area contributed by atoms with Crippen molar-refractivity contribution in [3.8, 4) is 0 Å². The fraction of sp³-hybridized carbons (Fsp3) is 0.778. The van der Waals surface area contributed by atoms with E-state index in [9.17, 15) is 10.2 Å². The maximum absolute atomic E-state index is 10.2. The summed E-state index contributed by atoms with van der Waals surface area (Å²) in [4.78, 5) is 0. The van der Waals surface area contributed by atoms with Gasteiger partial charge >= 0.3 is 0 Å². The van der Waals surface area contributed by atoms with Crippen LogP contribution in [-0.4, -0.2) is 16.3 Å². The minimum Gasteiger partial charge on any atom is -0.510 e. The Hall–Kier alpha value is -0.960. The van der Waals surface area contributed by atoms with Gasteiger partial charge in [-0.15, -0.1) is 0 Å². The Morgan fingerprint density at radius 3 is 2.81 bits per heavy atom. The van der Waals surface area contributed by atoms with Crippen molar-refractivity contribution in [1.82, 2.24) is 0 Å². The van der Waals surface area contributed by atoms with E-state index in [0.717, 1.165) is 50.1 Å². The summed E-state index contributed by atoms with van der Waals surface area (Å²) in [5, 5.41) is 20.1. The van der Waals surface area contributed by atoms with Crippen molar-refractivity contribution in [2.75, 3.05) is 0 Å². The van der Waals surface area contributed by atoms with Crippen molar-refractivity contribution in [3.63, 3.8) is 0 Å². The van der Waals surface area contributed by atoms with Gasteiger partial charge in [-0.2, -0.15) is 0 Å². The molecule has 3 heteroatoms. The molecule has 21 heavy (non-hydrogen) atoms. The fourth-order valence-electron chi connectivity index (χ4n) is 5.93. The Morgan fingerprint density at radius 1 is 1.19 bits per heavy atom. The number of nitrogens with two attached hydrogens (primary N) is 1. The standard InChI is InChI=1S/C18H27NO2/c1-18-7-6-13-12-5-3-11(20)8-10(12)2-4-14(13)15(18)9-16(21)17(18)19/h2,11-15,20-21H,3-9,19H2,1H3/t11-,12+,13-,14-,15+,18+/m1/s1. The summed E-state index contributed by atoms with van der Waals surface area (Å²) < 4.78 is 0. The van der Waals surface area contributed by atoms with E-state index in [2.05, 4.69) is 13.0 Å². The molecule has 0 aliphatic heterocycles. The molecule has 3 nitrogen and oxygen atoms in total. The van der Waals surface area contributed by atoms with Crippen LogP contribution in [0.1, 0.15) is 51.9 Å². The predicted octanol–water partition coefficient (Wildman–Crippen LogP) is 3.26. The van der Waals surface area contributed by atoms with E-state index < -0.39 is 0 Å². The van der Waals surface area contributed by atoms with Gasteiger partial charge in [0.25, 0.3) is 0 Å². The Bertz CT molecular complexity index is 523. The minimum atomic E-state index is -0.120. The third-order valence-corrected chi connectivity index (χ3v) is 7.15. The number of aliphatic hydroxyl groups is 2. The molecule has 0 heterocycles. The summed E-state index contributed by atoms with van der Waals surface area (Å²) >= 11 is 0. The largest absolute Gasteiger partial charge is 0.510 e. The van der Waals surface area contributed by atoms with Crippen molar-refractivity contribution in [2.45, 2.75) is 58.0 Å². The first-order valence-corrected chi connectivity index (χ1v) is 8.55. The van der Waals surface area contributed by atoms with Crippen molar-refractivity contribution in [1.29, 1.82) is 0 Å². The molecule has 4 rings (SSSR count). The summed E-state index contributed by atoms with van der Waals surface area (Å²) in [5.41, 5.74) is 8.52. The van der Waals surface area contributed by atoms with Crippen molar-refractivity contribution in [3.05, 3.63) is 23.1 Å². The van der Waals surface area contributed by atoms with E-state index in [1.807, 2.05) is 0 Å². The van der Waals surface area contributed by atoms with Gasteiger partial charge in [-0.05, 0) is 62.2 Å². The first-order chi connectivity index (χ1) is 10.0. The first-order valence-electron chi connectivity index (χ1n) is 8.55. The Kier molecular flexibility index (Phi) is 2.94. The lowest BCUT2D eigenvalue weighted by atomic mass is 9.52. The predicted molar refractivity (Wildman–Crippen MR) is 82.3 cm³/mol. The van der Waals surface area contributed by atoms with Gasteiger partial charge in [-0.3, -0.25) is 0 Å². The Balaban J connectivity index is 1.64. The lowest BCUT2D eigenvalue weighted by Gasteiger charge is -2.52. The number of hydrogen-bond donors (Lipinski definition) is 3. The molecule has 0 spiro atoms. The average molecular weight is 289 g/mol. The van der Waals surface area contributed by atoms with E-state index >= 15 is 0 Å². The summed E-state index contributed by atoms with van der Waals surface area (Å²) in [5.74, 6) is 3.06. The van der Waals surface area contributed by atoms with Gasteiger partial charge in [-0.25, -0.2) is 0 Å². The molecule has 0 unspecified atom stereocenters. The van der Waals surface area contributed by atoms with Gasteiger partial charge in [0, 0.05) is 11.8 Å². The SMILES string of the molecule is C[C@]12CC[C@H]3[C@@H](CC=C4C[C@H](O)CC[C@@H]43)[C@@H]1CC(O)=C2N. The van der Waals surface area contributed by atoms with Gasteiger partial charge in [0.05, 0.1) is 11.8 Å². The lowest BCUT2D eigenvalue weighted by molar-refractivity contribution is 0.00903. The number of aliphatic hydroxyl groups excluding tert-OH is 2. The normalized spacial score (nSPS) is 49.2. The molecule has 6 atom stereocenters. The van der Waals surface area contributed by atoms with Gasteiger partial charge in [0.1, 0.15) is 5.76 Å². The highest BCUT2D eigenvalue weighted by Crippen LogP contribution is 2.61. The number of rotatable bonds is 0. The molecule has 2 fully saturated rings. The second kappa shape index (κ2) is 4.52. The quantitative estimate of drug-likeness (QED) is 0.600. The van der Waals surface area contributed by atoms with Crippen LogP contribution in [0.3, 0.4) is 0 Å². The molecule has 2 saturated carbocycles. The monoisotopic (exact) mass is 289 g/mol. The van der Waals surface area contributed by atoms with E-state index in [1.54, 1.807) is 0 Å². The van der Waals surface area contributed by atoms with E-state index in [1.165, 1.54) is 12.0 Å². The summed E-state index contributed by atoms with van der Waals surface area (Å²) in [6.45, 7) is 2.26. The molecular weight excluding hydrogens is 262 g/mol. The second-order valence-electron chi connectivity index (χ2n) is 8.01. The molecule has 0 amide bonds. The molecule has 0 bridgehead atoms. The van der Waals surface area contributed by atoms with E-state index in [0.29, 0.717) is 23.5 Å². The van der Waals surface area contributed by atoms with Crippen molar-refractivity contribution >= 4 is 0 Å². The maximum atomic E-state index is 10.2. The Labute approximate surface area is 126 Å². The van der Waals surface area contributed by atoms with Crippen LogP contribution in [0.5, 0.6) is 0 Å². The highest BCUT2D eigenvalue weighted by Gasteiger charge is 2.54. The second-order valence-corrected chi connectivity index (χ2v) is 8.01. The minimum absolute atomic E-state index is 0.0186. The average Bonchev–Trinajstić information content (AvgIpc) is 2.70. The molecule has 0 aromatic carbocycles. The smallest absolute Gasteiger partial charge is 0.112 e. The molecule has 4 aliphatic carbocycles. The van der Waals surface area contributed by atoms with E-state index in [4.69, 9.17) is 5.73 Å². The lowest BCUT2D eigenvalue weighted by Crippen LogP contribution is -2.46. The van der Waals surface area contributed by atoms with Crippen LogP contribution < -0.4 is 5.73 Å². The van der Waals surface area contributed by atoms with Crippen LogP contribution >= 0.6 is 0 Å². The van der Waals surface area contributed by atoms with E-state index in [-0.39, 0.29) is 11.5 Å². The zero-order valence-corrected chi connectivity index (χ0v) is 12.9. The topological polar surface area (TPSA) is 66.5 Å².